The minimum atomic E-state index is 0.268. The summed E-state index contributed by atoms with van der Waals surface area (Å²) >= 11 is 0. The Balaban J connectivity index is 1.44. The average molecular weight is 348 g/mol. The van der Waals surface area contributed by atoms with Crippen molar-refractivity contribution in [2.45, 2.75) is 44.1 Å². The van der Waals surface area contributed by atoms with Crippen molar-refractivity contribution in [3.05, 3.63) is 29.8 Å². The summed E-state index contributed by atoms with van der Waals surface area (Å²) in [5.41, 5.74) is 1.34. The molecule has 2 heterocycles. The fourth-order valence-corrected chi connectivity index (χ4v) is 3.83. The summed E-state index contributed by atoms with van der Waals surface area (Å²) in [4.78, 5) is 4.72. The molecule has 0 radical (unpaired) electrons. The zero-order valence-electron chi connectivity index (χ0n) is 15.8. The van der Waals surface area contributed by atoms with E-state index in [1.807, 2.05) is 12.1 Å². The number of likely N-dealkylation sites (tertiary alicyclic amines) is 1. The SMILES string of the molecule is COc1ccc(CN2CC[C@@H]3O[C@@H](COCCN(C)C)CC[C@@H]32)cc1. The van der Waals surface area contributed by atoms with E-state index in [1.54, 1.807) is 7.11 Å². The Bertz CT molecular complexity index is 520. The van der Waals surface area contributed by atoms with Crippen LogP contribution in [0.4, 0.5) is 0 Å². The third kappa shape index (κ3) is 5.17. The summed E-state index contributed by atoms with van der Waals surface area (Å²) in [7, 11) is 5.85. The molecule has 0 amide bonds. The van der Waals surface area contributed by atoms with Crippen molar-refractivity contribution >= 4 is 0 Å². The van der Waals surface area contributed by atoms with Crippen LogP contribution in [0.3, 0.4) is 0 Å². The van der Waals surface area contributed by atoms with Crippen LogP contribution in [-0.4, -0.2) is 75.6 Å². The number of benzene rings is 1. The highest BCUT2D eigenvalue weighted by Gasteiger charge is 2.39. The van der Waals surface area contributed by atoms with E-state index < -0.39 is 0 Å². The number of methoxy groups -OCH3 is 1. The van der Waals surface area contributed by atoms with Gasteiger partial charge in [0.05, 0.1) is 32.5 Å². The number of ether oxygens (including phenoxy) is 3. The molecule has 3 rings (SSSR count). The second-order valence-electron chi connectivity index (χ2n) is 7.43. The van der Waals surface area contributed by atoms with E-state index in [0.29, 0.717) is 12.1 Å². The molecule has 3 atom stereocenters. The molecule has 2 saturated heterocycles. The summed E-state index contributed by atoms with van der Waals surface area (Å²) in [5, 5.41) is 0. The number of rotatable bonds is 8. The predicted octanol–water partition coefficient (Wildman–Crippen LogP) is 2.40. The molecule has 2 fully saturated rings. The lowest BCUT2D eigenvalue weighted by molar-refractivity contribution is -0.100. The average Bonchev–Trinajstić information content (AvgIpc) is 3.01. The van der Waals surface area contributed by atoms with Gasteiger partial charge in [-0.15, -0.1) is 0 Å². The van der Waals surface area contributed by atoms with E-state index in [0.717, 1.165) is 51.4 Å². The first-order valence-corrected chi connectivity index (χ1v) is 9.40. The number of fused-ring (bicyclic) bond motifs is 1. The topological polar surface area (TPSA) is 34.2 Å². The van der Waals surface area contributed by atoms with Crippen LogP contribution in [0.15, 0.2) is 24.3 Å². The van der Waals surface area contributed by atoms with E-state index in [9.17, 15) is 0 Å². The van der Waals surface area contributed by atoms with Crippen molar-refractivity contribution in [3.8, 4) is 5.75 Å². The van der Waals surface area contributed by atoms with Gasteiger partial charge in [-0.1, -0.05) is 12.1 Å². The lowest BCUT2D eigenvalue weighted by atomic mass is 9.99. The summed E-state index contributed by atoms with van der Waals surface area (Å²) in [6.07, 6.45) is 4.08. The number of nitrogens with zero attached hydrogens (tertiary/aromatic N) is 2. The Kier molecular flexibility index (Phi) is 6.70. The molecule has 0 spiro atoms. The van der Waals surface area contributed by atoms with Crippen molar-refractivity contribution in [1.29, 1.82) is 0 Å². The predicted molar refractivity (Wildman–Crippen MR) is 99.1 cm³/mol. The van der Waals surface area contributed by atoms with Crippen molar-refractivity contribution in [2.24, 2.45) is 0 Å². The second-order valence-corrected chi connectivity index (χ2v) is 7.43. The molecule has 140 valence electrons. The molecule has 1 aromatic carbocycles. The van der Waals surface area contributed by atoms with Gasteiger partial charge in [-0.25, -0.2) is 0 Å². The summed E-state index contributed by atoms with van der Waals surface area (Å²) in [5.74, 6) is 0.918. The highest BCUT2D eigenvalue weighted by atomic mass is 16.5. The van der Waals surface area contributed by atoms with Crippen molar-refractivity contribution in [3.63, 3.8) is 0 Å². The molecule has 0 N–H and O–H groups in total. The molecule has 0 aromatic heterocycles. The Hall–Kier alpha value is -1.14. The fourth-order valence-electron chi connectivity index (χ4n) is 3.83. The first-order chi connectivity index (χ1) is 12.2. The number of hydrogen-bond donors (Lipinski definition) is 0. The van der Waals surface area contributed by atoms with E-state index >= 15 is 0 Å². The third-order valence-electron chi connectivity index (χ3n) is 5.28. The maximum absolute atomic E-state index is 6.32. The van der Waals surface area contributed by atoms with Crippen LogP contribution < -0.4 is 4.74 Å². The van der Waals surface area contributed by atoms with Crippen LogP contribution in [0.25, 0.3) is 0 Å². The number of likely N-dealkylation sites (N-methyl/N-ethyl adjacent to an activating group) is 1. The fraction of sp³-hybridized carbons (Fsp3) is 0.700. The van der Waals surface area contributed by atoms with Gasteiger partial charge in [0.25, 0.3) is 0 Å². The second kappa shape index (κ2) is 8.99. The Morgan fingerprint density at radius 3 is 2.68 bits per heavy atom. The molecule has 0 unspecified atom stereocenters. The van der Waals surface area contributed by atoms with Crippen LogP contribution in [0.1, 0.15) is 24.8 Å². The largest absolute Gasteiger partial charge is 0.497 e. The molecule has 25 heavy (non-hydrogen) atoms. The number of hydrogen-bond acceptors (Lipinski definition) is 5. The molecule has 5 nitrogen and oxygen atoms in total. The maximum Gasteiger partial charge on any atom is 0.118 e. The molecular formula is C20H32N2O3. The van der Waals surface area contributed by atoms with Gasteiger partial charge >= 0.3 is 0 Å². The van der Waals surface area contributed by atoms with Gasteiger partial charge in [-0.3, -0.25) is 4.90 Å². The molecular weight excluding hydrogens is 316 g/mol. The molecule has 0 saturated carbocycles. The Labute approximate surface area is 151 Å². The maximum atomic E-state index is 6.32. The van der Waals surface area contributed by atoms with E-state index in [-0.39, 0.29) is 6.10 Å². The normalized spacial score (nSPS) is 26.8. The highest BCUT2D eigenvalue weighted by molar-refractivity contribution is 5.27. The van der Waals surface area contributed by atoms with Crippen LogP contribution >= 0.6 is 0 Å². The standard InChI is InChI=1S/C20H32N2O3/c1-21(2)12-13-24-15-18-8-9-19-20(25-18)10-11-22(19)14-16-4-6-17(23-3)7-5-16/h4-7,18-20H,8-15H2,1-3H3/t18-,19+,20+/m1/s1. The van der Waals surface area contributed by atoms with Gasteiger partial charge in [-0.2, -0.15) is 0 Å². The van der Waals surface area contributed by atoms with Gasteiger partial charge in [-0.05, 0) is 51.1 Å². The molecule has 0 bridgehead atoms. The van der Waals surface area contributed by atoms with Crippen LogP contribution in [0.2, 0.25) is 0 Å². The third-order valence-corrected chi connectivity index (χ3v) is 5.28. The lowest BCUT2D eigenvalue weighted by Crippen LogP contribution is -2.43. The summed E-state index contributed by atoms with van der Waals surface area (Å²) in [6, 6.07) is 8.97. The molecule has 0 aliphatic carbocycles. The Morgan fingerprint density at radius 2 is 1.96 bits per heavy atom. The quantitative estimate of drug-likeness (QED) is 0.674. The molecule has 1 aromatic rings. The van der Waals surface area contributed by atoms with Gasteiger partial charge in [0, 0.05) is 25.7 Å². The van der Waals surface area contributed by atoms with Gasteiger partial charge in [0.1, 0.15) is 5.75 Å². The smallest absolute Gasteiger partial charge is 0.118 e. The Morgan fingerprint density at radius 1 is 1.16 bits per heavy atom. The van der Waals surface area contributed by atoms with Crippen molar-refractivity contribution in [2.75, 3.05) is 47.5 Å². The molecule has 2 aliphatic rings. The van der Waals surface area contributed by atoms with Crippen LogP contribution in [0.5, 0.6) is 5.75 Å². The van der Waals surface area contributed by atoms with Crippen molar-refractivity contribution in [1.82, 2.24) is 9.80 Å². The minimum Gasteiger partial charge on any atom is -0.497 e. The summed E-state index contributed by atoms with van der Waals surface area (Å²) in [6.45, 7) is 4.60. The minimum absolute atomic E-state index is 0.268. The molecule has 2 aliphatic heterocycles. The van der Waals surface area contributed by atoms with E-state index in [2.05, 4.69) is 36.0 Å². The lowest BCUT2D eigenvalue weighted by Gasteiger charge is -2.36. The first kappa shape index (κ1) is 18.6. The van der Waals surface area contributed by atoms with E-state index in [4.69, 9.17) is 14.2 Å². The van der Waals surface area contributed by atoms with Crippen molar-refractivity contribution < 1.29 is 14.2 Å². The first-order valence-electron chi connectivity index (χ1n) is 9.40. The zero-order valence-corrected chi connectivity index (χ0v) is 15.8. The van der Waals surface area contributed by atoms with Gasteiger partial charge < -0.3 is 19.1 Å². The monoisotopic (exact) mass is 348 g/mol. The van der Waals surface area contributed by atoms with Gasteiger partial charge in [0.2, 0.25) is 0 Å². The summed E-state index contributed by atoms with van der Waals surface area (Å²) < 4.78 is 17.3. The molecule has 5 heteroatoms. The zero-order chi connectivity index (χ0) is 17.6. The van der Waals surface area contributed by atoms with Crippen LogP contribution in [-0.2, 0) is 16.0 Å². The van der Waals surface area contributed by atoms with Gasteiger partial charge in [0.15, 0.2) is 0 Å². The van der Waals surface area contributed by atoms with Crippen LogP contribution in [0, 0.1) is 0 Å². The highest BCUT2D eigenvalue weighted by Crippen LogP contribution is 2.32. The van der Waals surface area contributed by atoms with E-state index in [1.165, 1.54) is 12.0 Å².